The first-order valence-electron chi connectivity index (χ1n) is 8.84. The lowest BCUT2D eigenvalue weighted by Gasteiger charge is -2.38. The van der Waals surface area contributed by atoms with Gasteiger partial charge in [0.2, 0.25) is 6.23 Å². The van der Waals surface area contributed by atoms with Gasteiger partial charge in [0.1, 0.15) is 0 Å². The van der Waals surface area contributed by atoms with Gasteiger partial charge < -0.3 is 9.47 Å². The molecule has 7 heteroatoms. The zero-order chi connectivity index (χ0) is 19.3. The lowest BCUT2D eigenvalue weighted by atomic mass is 9.97. The fraction of sp³-hybridized carbons (Fsp3) is 0.190. The molecule has 0 bridgehead atoms. The van der Waals surface area contributed by atoms with Crippen LogP contribution in [-0.2, 0) is 0 Å². The van der Waals surface area contributed by atoms with Gasteiger partial charge in [0, 0.05) is 17.5 Å². The quantitative estimate of drug-likeness (QED) is 0.602. The monoisotopic (exact) mass is 398 g/mol. The molecular weight excluding hydrogens is 382 g/mol. The largest absolute Gasteiger partial charge is 0.493 e. The topological polar surface area (TPSA) is 34.1 Å². The fourth-order valence-corrected chi connectivity index (χ4v) is 4.44. The number of nitrogens with zero attached hydrogens (tertiary/aromatic N) is 2. The third kappa shape index (κ3) is 2.65. The summed E-state index contributed by atoms with van der Waals surface area (Å²) in [6, 6.07) is 13.5. The summed E-state index contributed by atoms with van der Waals surface area (Å²) in [5.41, 5.74) is 2.41. The number of hydrazone groups is 1. The van der Waals surface area contributed by atoms with Gasteiger partial charge in [0.05, 0.1) is 23.7 Å². The van der Waals surface area contributed by atoms with Crippen LogP contribution in [0.3, 0.4) is 0 Å². The summed E-state index contributed by atoms with van der Waals surface area (Å²) < 4.78 is 39.1. The Kier molecular flexibility index (Phi) is 4.05. The lowest BCUT2D eigenvalue weighted by Crippen LogP contribution is -2.34. The summed E-state index contributed by atoms with van der Waals surface area (Å²) in [6.45, 7) is 0. The van der Waals surface area contributed by atoms with Crippen molar-refractivity contribution in [2.24, 2.45) is 5.10 Å². The summed E-state index contributed by atoms with van der Waals surface area (Å²) >= 11 is 1.62. The molecule has 0 saturated carbocycles. The highest BCUT2D eigenvalue weighted by Crippen LogP contribution is 2.50. The first kappa shape index (κ1) is 17.2. The van der Waals surface area contributed by atoms with E-state index in [4.69, 9.17) is 14.6 Å². The molecule has 4 nitrogen and oxygen atoms in total. The molecule has 28 heavy (non-hydrogen) atoms. The Morgan fingerprint density at radius 3 is 2.79 bits per heavy atom. The van der Waals surface area contributed by atoms with Crippen LogP contribution >= 0.6 is 11.3 Å². The lowest BCUT2D eigenvalue weighted by molar-refractivity contribution is -0.0211. The van der Waals surface area contributed by atoms with E-state index in [1.54, 1.807) is 18.4 Å². The van der Waals surface area contributed by atoms with Crippen LogP contribution in [0.5, 0.6) is 11.5 Å². The van der Waals surface area contributed by atoms with Gasteiger partial charge in [-0.15, -0.1) is 11.3 Å². The van der Waals surface area contributed by atoms with Crippen LogP contribution in [0.2, 0.25) is 0 Å². The maximum Gasteiger partial charge on any atom is 0.214 e. The van der Waals surface area contributed by atoms with Gasteiger partial charge in [-0.05, 0) is 29.6 Å². The number of thiophene rings is 1. The Balaban J connectivity index is 1.64. The molecule has 2 atom stereocenters. The van der Waals surface area contributed by atoms with Gasteiger partial charge in [-0.1, -0.05) is 24.3 Å². The molecule has 0 unspecified atom stereocenters. The van der Waals surface area contributed by atoms with Gasteiger partial charge in [0.15, 0.2) is 23.1 Å². The average molecular weight is 398 g/mol. The minimum atomic E-state index is -0.912. The number of benzene rings is 2. The molecule has 0 spiro atoms. The summed E-state index contributed by atoms with van der Waals surface area (Å²) in [5, 5.41) is 8.64. The SMILES string of the molecule is COc1cccc2c1O[C@@H](c1ccc(F)c(F)c1)N1N=C(c3cccs3)C[C@@H]21. The summed E-state index contributed by atoms with van der Waals surface area (Å²) in [5.74, 6) is -0.582. The molecule has 0 radical (unpaired) electrons. The first-order valence-corrected chi connectivity index (χ1v) is 9.72. The predicted molar refractivity (Wildman–Crippen MR) is 103 cm³/mol. The highest BCUT2D eigenvalue weighted by molar-refractivity contribution is 7.12. The van der Waals surface area contributed by atoms with Gasteiger partial charge in [-0.2, -0.15) is 5.10 Å². The van der Waals surface area contributed by atoms with Crippen molar-refractivity contribution in [1.82, 2.24) is 5.01 Å². The molecule has 1 aromatic heterocycles. The van der Waals surface area contributed by atoms with Crippen LogP contribution in [0.25, 0.3) is 0 Å². The molecule has 0 saturated heterocycles. The van der Waals surface area contributed by atoms with Crippen molar-refractivity contribution in [3.05, 3.63) is 81.5 Å². The number of methoxy groups -OCH3 is 1. The molecule has 0 amide bonds. The average Bonchev–Trinajstić information content (AvgIpc) is 3.38. The fourth-order valence-electron chi connectivity index (χ4n) is 3.72. The molecule has 0 N–H and O–H groups in total. The molecular formula is C21H16F2N2O2S. The van der Waals surface area contributed by atoms with Crippen LogP contribution in [0.1, 0.15) is 34.7 Å². The predicted octanol–water partition coefficient (Wildman–Crippen LogP) is 5.28. The molecule has 0 aliphatic carbocycles. The third-order valence-electron chi connectivity index (χ3n) is 5.03. The van der Waals surface area contributed by atoms with Crippen LogP contribution in [0, 0.1) is 11.6 Å². The second-order valence-corrected chi connectivity index (χ2v) is 7.59. The highest BCUT2D eigenvalue weighted by atomic mass is 32.1. The highest BCUT2D eigenvalue weighted by Gasteiger charge is 2.42. The zero-order valence-corrected chi connectivity index (χ0v) is 15.7. The Bertz CT molecular complexity index is 1070. The van der Waals surface area contributed by atoms with Crippen molar-refractivity contribution < 1.29 is 18.3 Å². The van der Waals surface area contributed by atoms with Gasteiger partial charge in [0.25, 0.3) is 0 Å². The number of hydrogen-bond acceptors (Lipinski definition) is 5. The molecule has 2 aliphatic heterocycles. The molecule has 142 valence electrons. The van der Waals surface area contributed by atoms with Gasteiger partial charge in [-0.25, -0.2) is 13.8 Å². The van der Waals surface area contributed by atoms with Gasteiger partial charge in [-0.3, -0.25) is 0 Å². The Labute approximate surface area is 164 Å². The Morgan fingerprint density at radius 1 is 1.14 bits per heavy atom. The van der Waals surface area contributed by atoms with E-state index < -0.39 is 17.9 Å². The number of ether oxygens (including phenoxy) is 2. The third-order valence-corrected chi connectivity index (χ3v) is 5.95. The molecule has 2 aromatic carbocycles. The standard InChI is InChI=1S/C21H16F2N2O2S/c1-26-18-5-2-4-13-17-11-16(19-6-3-9-28-19)24-25(17)21(27-20(13)18)12-7-8-14(22)15(23)10-12/h2-10,17,21H,11H2,1H3/t17-,21-/m0/s1. The van der Waals surface area contributed by atoms with Crippen LogP contribution in [0.4, 0.5) is 8.78 Å². The Hall–Kier alpha value is -2.93. The van der Waals surface area contributed by atoms with Crippen molar-refractivity contribution in [1.29, 1.82) is 0 Å². The second-order valence-electron chi connectivity index (χ2n) is 6.65. The number of fused-ring (bicyclic) bond motifs is 3. The van der Waals surface area contributed by atoms with E-state index in [9.17, 15) is 8.78 Å². The zero-order valence-electron chi connectivity index (χ0n) is 14.9. The summed E-state index contributed by atoms with van der Waals surface area (Å²) in [7, 11) is 1.58. The smallest absolute Gasteiger partial charge is 0.214 e. The second kappa shape index (κ2) is 6.60. The number of rotatable bonds is 3. The maximum absolute atomic E-state index is 13.9. The van der Waals surface area contributed by atoms with Crippen molar-refractivity contribution in [3.63, 3.8) is 0 Å². The minimum absolute atomic E-state index is 0.0749. The molecule has 3 heterocycles. The van der Waals surface area contributed by atoms with E-state index in [1.165, 1.54) is 6.07 Å². The van der Waals surface area contributed by atoms with Crippen molar-refractivity contribution in [2.75, 3.05) is 7.11 Å². The molecule has 2 aliphatic rings. The van der Waals surface area contributed by atoms with Crippen molar-refractivity contribution in [2.45, 2.75) is 18.7 Å². The van der Waals surface area contributed by atoms with Crippen LogP contribution < -0.4 is 9.47 Å². The van der Waals surface area contributed by atoms with Crippen LogP contribution in [-0.4, -0.2) is 17.8 Å². The maximum atomic E-state index is 13.9. The number of para-hydroxylation sites is 1. The first-order chi connectivity index (χ1) is 13.7. The normalized spacial score (nSPS) is 20.2. The number of halogens is 2. The van der Waals surface area contributed by atoms with Crippen molar-refractivity contribution in [3.8, 4) is 11.5 Å². The molecule has 5 rings (SSSR count). The summed E-state index contributed by atoms with van der Waals surface area (Å²) in [4.78, 5) is 1.09. The van der Waals surface area contributed by atoms with E-state index in [2.05, 4.69) is 0 Å². The van der Waals surface area contributed by atoms with E-state index >= 15 is 0 Å². The molecule has 0 fully saturated rings. The summed E-state index contributed by atoms with van der Waals surface area (Å²) in [6.07, 6.45) is 0.0193. The van der Waals surface area contributed by atoms with E-state index in [1.807, 2.05) is 40.7 Å². The molecule has 3 aromatic rings. The number of hydrogen-bond donors (Lipinski definition) is 0. The van der Waals surface area contributed by atoms with Gasteiger partial charge >= 0.3 is 0 Å². The van der Waals surface area contributed by atoms with Crippen molar-refractivity contribution >= 4 is 17.0 Å². The Morgan fingerprint density at radius 2 is 2.04 bits per heavy atom. The minimum Gasteiger partial charge on any atom is -0.493 e. The van der Waals surface area contributed by atoms with E-state index in [-0.39, 0.29) is 6.04 Å². The van der Waals surface area contributed by atoms with Crippen LogP contribution in [0.15, 0.2) is 59.0 Å². The van der Waals surface area contributed by atoms with E-state index in [0.29, 0.717) is 23.5 Å². The van der Waals surface area contributed by atoms with E-state index in [0.717, 1.165) is 28.3 Å².